The predicted molar refractivity (Wildman–Crippen MR) is 107 cm³/mol. The van der Waals surface area contributed by atoms with E-state index < -0.39 is 0 Å². The van der Waals surface area contributed by atoms with Crippen LogP contribution in [0, 0.1) is 0 Å². The fourth-order valence-corrected chi connectivity index (χ4v) is 3.72. The van der Waals surface area contributed by atoms with Gasteiger partial charge in [0.05, 0.1) is 16.4 Å². The van der Waals surface area contributed by atoms with Crippen LogP contribution in [0.1, 0.15) is 10.4 Å². The van der Waals surface area contributed by atoms with Crippen molar-refractivity contribution in [3.63, 3.8) is 0 Å². The lowest BCUT2D eigenvalue weighted by Gasteiger charge is -2.05. The fourth-order valence-electron chi connectivity index (χ4n) is 2.65. The molecule has 0 saturated heterocycles. The number of pyridine rings is 2. The summed E-state index contributed by atoms with van der Waals surface area (Å²) in [5.41, 5.74) is 8.11. The van der Waals surface area contributed by atoms with Crippen molar-refractivity contribution < 1.29 is 9.53 Å². The highest BCUT2D eigenvalue weighted by molar-refractivity contribution is 7.22. The Morgan fingerprint density at radius 3 is 2.63 bits per heavy atom. The molecule has 4 rings (SSSR count). The second-order valence-corrected chi connectivity index (χ2v) is 6.86. The van der Waals surface area contributed by atoms with Crippen molar-refractivity contribution in [1.29, 1.82) is 0 Å². The first-order valence-corrected chi connectivity index (χ1v) is 9.06. The van der Waals surface area contributed by atoms with Crippen LogP contribution in [0.2, 0.25) is 0 Å². The normalized spacial score (nSPS) is 10.7. The Morgan fingerprint density at radius 2 is 1.93 bits per heavy atom. The van der Waals surface area contributed by atoms with Gasteiger partial charge in [0, 0.05) is 29.8 Å². The van der Waals surface area contributed by atoms with Gasteiger partial charge in [0.25, 0.3) is 5.91 Å². The smallest absolute Gasteiger partial charge is 0.251 e. The number of carbonyl (C=O) groups excluding carboxylic acids is 1. The lowest BCUT2D eigenvalue weighted by Crippen LogP contribution is -2.17. The Balaban J connectivity index is 1.68. The first-order valence-electron chi connectivity index (χ1n) is 8.24. The van der Waals surface area contributed by atoms with Crippen molar-refractivity contribution in [3.05, 3.63) is 66.5 Å². The summed E-state index contributed by atoms with van der Waals surface area (Å²) in [4.78, 5) is 21.2. The molecule has 3 aromatic heterocycles. The monoisotopic (exact) mass is 376 g/mol. The summed E-state index contributed by atoms with van der Waals surface area (Å²) in [7, 11) is 1.62. The number of thiophene rings is 1. The van der Waals surface area contributed by atoms with E-state index in [1.54, 1.807) is 42.9 Å². The zero-order valence-electron chi connectivity index (χ0n) is 14.5. The minimum Gasteiger partial charge on any atom is -0.454 e. The average molecular weight is 376 g/mol. The molecule has 0 aliphatic heterocycles. The van der Waals surface area contributed by atoms with Crippen LogP contribution >= 0.6 is 11.3 Å². The van der Waals surface area contributed by atoms with Crippen molar-refractivity contribution in [2.45, 2.75) is 0 Å². The zero-order valence-corrected chi connectivity index (χ0v) is 15.3. The predicted octanol–water partition coefficient (Wildman–Crippen LogP) is 4.09. The molecular formula is C20H16N4O2S. The largest absolute Gasteiger partial charge is 0.454 e. The van der Waals surface area contributed by atoms with Crippen LogP contribution in [0.25, 0.3) is 20.7 Å². The van der Waals surface area contributed by atoms with Gasteiger partial charge < -0.3 is 15.8 Å². The van der Waals surface area contributed by atoms with Gasteiger partial charge in [0.2, 0.25) is 0 Å². The van der Waals surface area contributed by atoms with Gasteiger partial charge in [-0.15, -0.1) is 11.3 Å². The molecule has 4 aromatic rings. The van der Waals surface area contributed by atoms with Crippen LogP contribution in [-0.2, 0) is 0 Å². The molecule has 0 radical (unpaired) electrons. The Labute approximate surface area is 159 Å². The first-order chi connectivity index (χ1) is 13.1. The lowest BCUT2D eigenvalue weighted by atomic mass is 10.1. The highest BCUT2D eigenvalue weighted by atomic mass is 32.1. The Morgan fingerprint density at radius 1 is 1.11 bits per heavy atom. The van der Waals surface area contributed by atoms with Crippen molar-refractivity contribution in [2.75, 3.05) is 12.8 Å². The van der Waals surface area contributed by atoms with Gasteiger partial charge in [0.1, 0.15) is 17.3 Å². The number of hydrogen-bond acceptors (Lipinski definition) is 6. The molecule has 0 aliphatic rings. The molecular weight excluding hydrogens is 360 g/mol. The third-order valence-electron chi connectivity index (χ3n) is 4.02. The summed E-state index contributed by atoms with van der Waals surface area (Å²) in [6, 6.07) is 14.8. The highest BCUT2D eigenvalue weighted by Crippen LogP contribution is 2.39. The van der Waals surface area contributed by atoms with E-state index in [9.17, 15) is 4.79 Å². The number of rotatable bonds is 4. The molecule has 0 fully saturated rings. The van der Waals surface area contributed by atoms with Crippen LogP contribution in [0.3, 0.4) is 0 Å². The summed E-state index contributed by atoms with van der Waals surface area (Å²) < 4.78 is 6.90. The van der Waals surface area contributed by atoms with E-state index in [1.807, 2.05) is 36.4 Å². The van der Waals surface area contributed by atoms with Crippen molar-refractivity contribution >= 4 is 33.3 Å². The molecule has 1 aromatic carbocycles. The molecule has 3 N–H and O–H groups in total. The van der Waals surface area contributed by atoms with E-state index in [4.69, 9.17) is 10.5 Å². The summed E-state index contributed by atoms with van der Waals surface area (Å²) in [5, 5.41) is 2.62. The third-order valence-corrected chi connectivity index (χ3v) is 5.21. The molecule has 0 atom stereocenters. The maximum Gasteiger partial charge on any atom is 0.251 e. The number of anilines is 1. The van der Waals surface area contributed by atoms with Gasteiger partial charge >= 0.3 is 0 Å². The molecule has 0 spiro atoms. The second kappa shape index (κ2) is 7.05. The van der Waals surface area contributed by atoms with Gasteiger partial charge in [-0.05, 0) is 35.9 Å². The minimum absolute atomic E-state index is 0.104. The summed E-state index contributed by atoms with van der Waals surface area (Å²) in [6.07, 6.45) is 3.31. The van der Waals surface area contributed by atoms with E-state index in [-0.39, 0.29) is 5.91 Å². The number of hydrogen-bond donors (Lipinski definition) is 2. The highest BCUT2D eigenvalue weighted by Gasteiger charge is 2.12. The molecule has 0 aliphatic carbocycles. The molecule has 1 amide bonds. The number of nitrogens with one attached hydrogen (secondary N) is 1. The number of benzene rings is 1. The van der Waals surface area contributed by atoms with Crippen LogP contribution in [-0.4, -0.2) is 22.9 Å². The summed E-state index contributed by atoms with van der Waals surface area (Å²) in [5.74, 6) is 1.67. The number of amides is 1. The quantitative estimate of drug-likeness (QED) is 0.560. The van der Waals surface area contributed by atoms with Gasteiger partial charge in [-0.2, -0.15) is 0 Å². The van der Waals surface area contributed by atoms with Crippen molar-refractivity contribution in [3.8, 4) is 21.9 Å². The average Bonchev–Trinajstić information content (AvgIpc) is 3.14. The molecule has 6 nitrogen and oxygen atoms in total. The van der Waals surface area contributed by atoms with Crippen molar-refractivity contribution in [2.24, 2.45) is 0 Å². The fraction of sp³-hybridized carbons (Fsp3) is 0.0500. The standard InChI is InChI=1S/C20H16N4O2S/c1-22-20(25)13-4-2-12(3-5-13)17-10-15-19(27-17)16(8-9-23-15)26-14-6-7-18(21)24-11-14/h2-11H,1H3,(H2,21,24)(H,22,25). The van der Waals surface area contributed by atoms with E-state index in [0.717, 1.165) is 20.7 Å². The van der Waals surface area contributed by atoms with E-state index in [0.29, 0.717) is 22.9 Å². The first kappa shape index (κ1) is 17.0. The summed E-state index contributed by atoms with van der Waals surface area (Å²) >= 11 is 1.59. The number of ether oxygens (including phenoxy) is 1. The van der Waals surface area contributed by atoms with Crippen LogP contribution < -0.4 is 15.8 Å². The lowest BCUT2D eigenvalue weighted by molar-refractivity contribution is 0.0963. The minimum atomic E-state index is -0.104. The van der Waals surface area contributed by atoms with E-state index in [2.05, 4.69) is 15.3 Å². The molecule has 3 heterocycles. The van der Waals surface area contributed by atoms with E-state index in [1.165, 1.54) is 0 Å². The number of fused-ring (bicyclic) bond motifs is 1. The maximum absolute atomic E-state index is 11.7. The molecule has 0 bridgehead atoms. The topological polar surface area (TPSA) is 90.1 Å². The Kier molecular flexibility index (Phi) is 4.43. The van der Waals surface area contributed by atoms with Crippen molar-refractivity contribution in [1.82, 2.24) is 15.3 Å². The van der Waals surface area contributed by atoms with Gasteiger partial charge in [0.15, 0.2) is 0 Å². The molecule has 7 heteroatoms. The van der Waals surface area contributed by atoms with Gasteiger partial charge in [-0.1, -0.05) is 12.1 Å². The SMILES string of the molecule is CNC(=O)c1ccc(-c2cc3nccc(Oc4ccc(N)nc4)c3s2)cc1. The second-order valence-electron chi connectivity index (χ2n) is 5.81. The van der Waals surface area contributed by atoms with Crippen LogP contribution in [0.15, 0.2) is 60.9 Å². The molecule has 27 heavy (non-hydrogen) atoms. The third kappa shape index (κ3) is 3.45. The molecule has 0 saturated carbocycles. The van der Waals surface area contributed by atoms with E-state index >= 15 is 0 Å². The number of nitrogens with two attached hydrogens (primary N) is 1. The molecule has 134 valence electrons. The molecule has 0 unspecified atom stereocenters. The van der Waals surface area contributed by atoms with Crippen LogP contribution in [0.5, 0.6) is 11.5 Å². The maximum atomic E-state index is 11.7. The zero-order chi connectivity index (χ0) is 18.8. The van der Waals surface area contributed by atoms with Crippen LogP contribution in [0.4, 0.5) is 5.82 Å². The Hall–Kier alpha value is -3.45. The number of nitrogens with zero attached hydrogens (tertiary/aromatic N) is 2. The Bertz CT molecular complexity index is 1110. The van der Waals surface area contributed by atoms with Gasteiger partial charge in [-0.25, -0.2) is 4.98 Å². The number of carbonyl (C=O) groups is 1. The van der Waals surface area contributed by atoms with Gasteiger partial charge in [-0.3, -0.25) is 9.78 Å². The summed E-state index contributed by atoms with van der Waals surface area (Å²) in [6.45, 7) is 0. The number of nitrogen functional groups attached to an aromatic ring is 1. The number of aromatic nitrogens is 2.